The Morgan fingerprint density at radius 3 is 2.83 bits per heavy atom. The van der Waals surface area contributed by atoms with Crippen LogP contribution in [0.15, 0.2) is 42.0 Å². The second-order valence-electron chi connectivity index (χ2n) is 6.25. The lowest BCUT2D eigenvalue weighted by Crippen LogP contribution is -2.28. The molecule has 0 saturated carbocycles. The van der Waals surface area contributed by atoms with Crippen molar-refractivity contribution in [2.75, 3.05) is 6.54 Å². The van der Waals surface area contributed by atoms with Crippen LogP contribution in [-0.4, -0.2) is 27.0 Å². The molecule has 0 aliphatic rings. The van der Waals surface area contributed by atoms with Gasteiger partial charge in [0.05, 0.1) is 5.69 Å². The fraction of sp³-hybridized carbons (Fsp3) is 0.389. The number of amides is 1. The largest absolute Gasteiger partial charge is 0.356 e. The third kappa shape index (κ3) is 3.82. The van der Waals surface area contributed by atoms with Crippen LogP contribution in [0.25, 0.3) is 4.96 Å². The lowest BCUT2D eigenvalue weighted by atomic mass is 9.85. The zero-order valence-electron chi connectivity index (χ0n) is 14.0. The molecule has 24 heavy (non-hydrogen) atoms. The molecule has 0 fully saturated rings. The first-order valence-electron chi connectivity index (χ1n) is 8.23. The minimum Gasteiger partial charge on any atom is -0.356 e. The zero-order chi connectivity index (χ0) is 16.9. The van der Waals surface area contributed by atoms with Crippen molar-refractivity contribution >= 4 is 22.2 Å². The summed E-state index contributed by atoms with van der Waals surface area (Å²) < 4.78 is 1.83. The van der Waals surface area contributed by atoms with Crippen LogP contribution in [0, 0.1) is 5.92 Å². The van der Waals surface area contributed by atoms with Crippen molar-refractivity contribution in [3.05, 3.63) is 53.3 Å². The Morgan fingerprint density at radius 2 is 2.08 bits per heavy atom. The minimum absolute atomic E-state index is 0.0996. The number of rotatable bonds is 7. The number of hydrogen-bond acceptors (Lipinski definition) is 4. The van der Waals surface area contributed by atoms with Gasteiger partial charge in [-0.05, 0) is 17.4 Å². The van der Waals surface area contributed by atoms with E-state index in [-0.39, 0.29) is 11.8 Å². The highest BCUT2D eigenvalue weighted by Crippen LogP contribution is 2.27. The van der Waals surface area contributed by atoms with Crippen molar-refractivity contribution in [2.45, 2.75) is 32.6 Å². The monoisotopic (exact) mass is 342 g/mol. The van der Waals surface area contributed by atoms with E-state index in [1.807, 2.05) is 28.1 Å². The van der Waals surface area contributed by atoms with Crippen LogP contribution in [0.4, 0.5) is 0 Å². The quantitative estimate of drug-likeness (QED) is 0.717. The van der Waals surface area contributed by atoms with E-state index in [1.54, 1.807) is 17.7 Å². The van der Waals surface area contributed by atoms with Crippen LogP contribution in [0.3, 0.4) is 0 Å². The first kappa shape index (κ1) is 16.6. The van der Waals surface area contributed by atoms with Gasteiger partial charge in [-0.1, -0.05) is 44.2 Å². The molecule has 1 atom stereocenters. The molecule has 1 aromatic carbocycles. The molecule has 0 spiro atoms. The van der Waals surface area contributed by atoms with Crippen LogP contribution >= 0.6 is 11.3 Å². The topological polar surface area (TPSA) is 59.3 Å². The van der Waals surface area contributed by atoms with Crippen LogP contribution in [0.5, 0.6) is 0 Å². The molecular weight excluding hydrogens is 320 g/mol. The summed E-state index contributed by atoms with van der Waals surface area (Å²) in [5, 5.41) is 9.27. The fourth-order valence-corrected chi connectivity index (χ4v) is 3.72. The smallest absolute Gasteiger partial charge is 0.220 e. The number of carbonyl (C=O) groups is 1. The van der Waals surface area contributed by atoms with Crippen molar-refractivity contribution < 1.29 is 4.79 Å². The number of hydrogen-bond donors (Lipinski definition) is 1. The summed E-state index contributed by atoms with van der Waals surface area (Å²) in [7, 11) is 0. The van der Waals surface area contributed by atoms with Gasteiger partial charge >= 0.3 is 0 Å². The first-order chi connectivity index (χ1) is 11.6. The Hall–Kier alpha value is -2.21. The fourth-order valence-electron chi connectivity index (χ4n) is 2.88. The first-order valence-corrected chi connectivity index (χ1v) is 9.11. The molecule has 3 rings (SSSR count). The molecule has 5 nitrogen and oxygen atoms in total. The van der Waals surface area contributed by atoms with Gasteiger partial charge in [0.2, 0.25) is 10.9 Å². The highest BCUT2D eigenvalue weighted by atomic mass is 32.1. The molecule has 3 aromatic rings. The van der Waals surface area contributed by atoms with Gasteiger partial charge < -0.3 is 5.32 Å². The molecule has 1 amide bonds. The van der Waals surface area contributed by atoms with E-state index in [4.69, 9.17) is 0 Å². The molecule has 2 heterocycles. The highest BCUT2D eigenvalue weighted by Gasteiger charge is 2.19. The van der Waals surface area contributed by atoms with E-state index in [1.165, 1.54) is 5.56 Å². The van der Waals surface area contributed by atoms with Crippen LogP contribution in [0.2, 0.25) is 0 Å². The molecule has 0 aliphatic carbocycles. The van der Waals surface area contributed by atoms with Crippen molar-refractivity contribution in [2.24, 2.45) is 5.92 Å². The molecule has 6 heteroatoms. The molecule has 126 valence electrons. The van der Waals surface area contributed by atoms with E-state index in [9.17, 15) is 4.79 Å². The van der Waals surface area contributed by atoms with E-state index in [0.29, 0.717) is 18.9 Å². The molecule has 0 aliphatic heterocycles. The summed E-state index contributed by atoms with van der Waals surface area (Å²) in [6.45, 7) is 4.94. The number of fused-ring (bicyclic) bond motifs is 1. The number of aromatic nitrogens is 3. The van der Waals surface area contributed by atoms with Gasteiger partial charge in [-0.15, -0.1) is 11.3 Å². The van der Waals surface area contributed by atoms with E-state index < -0.39 is 0 Å². The maximum atomic E-state index is 12.3. The average molecular weight is 342 g/mol. The molecule has 0 bridgehead atoms. The van der Waals surface area contributed by atoms with Gasteiger partial charge in [0, 0.05) is 24.8 Å². The Balaban J connectivity index is 1.54. The van der Waals surface area contributed by atoms with Crippen LogP contribution in [0.1, 0.15) is 37.4 Å². The second kappa shape index (κ2) is 7.57. The Labute approximate surface area is 145 Å². The lowest BCUT2D eigenvalue weighted by molar-refractivity contribution is -0.121. The number of nitrogens with one attached hydrogen (secondary N) is 1. The van der Waals surface area contributed by atoms with E-state index in [2.05, 4.69) is 41.4 Å². The Morgan fingerprint density at radius 1 is 1.29 bits per heavy atom. The standard InChI is InChI=1S/C18H22N4OS/c1-13(2)16(14-6-4-3-5-7-14)10-17(23)19-9-8-15-11-24-18-20-12-21-22(15)18/h3-7,11-13,16H,8-10H2,1-2H3,(H,19,23). The Kier molecular flexibility index (Phi) is 5.25. The minimum atomic E-state index is 0.0996. The maximum Gasteiger partial charge on any atom is 0.220 e. The molecule has 1 N–H and O–H groups in total. The van der Waals surface area contributed by atoms with Crippen molar-refractivity contribution in [3.63, 3.8) is 0 Å². The summed E-state index contributed by atoms with van der Waals surface area (Å²) in [6, 6.07) is 10.3. The van der Waals surface area contributed by atoms with Crippen molar-refractivity contribution in [1.29, 1.82) is 0 Å². The average Bonchev–Trinajstić information content (AvgIpc) is 3.18. The summed E-state index contributed by atoms with van der Waals surface area (Å²) >= 11 is 1.57. The lowest BCUT2D eigenvalue weighted by Gasteiger charge is -2.21. The number of carbonyl (C=O) groups excluding carboxylic acids is 1. The van der Waals surface area contributed by atoms with Gasteiger partial charge in [0.25, 0.3) is 0 Å². The van der Waals surface area contributed by atoms with Gasteiger partial charge in [0.1, 0.15) is 6.33 Å². The predicted octanol–water partition coefficient (Wildman–Crippen LogP) is 3.28. The maximum absolute atomic E-state index is 12.3. The molecular formula is C18H22N4OS. The third-order valence-electron chi connectivity index (χ3n) is 4.23. The highest BCUT2D eigenvalue weighted by molar-refractivity contribution is 7.15. The second-order valence-corrected chi connectivity index (χ2v) is 7.08. The SMILES string of the molecule is CC(C)C(CC(=O)NCCc1csc2ncnn12)c1ccccc1. The number of benzene rings is 1. The van der Waals surface area contributed by atoms with E-state index in [0.717, 1.165) is 17.1 Å². The van der Waals surface area contributed by atoms with Gasteiger partial charge in [-0.25, -0.2) is 9.50 Å². The van der Waals surface area contributed by atoms with E-state index >= 15 is 0 Å². The van der Waals surface area contributed by atoms with Gasteiger partial charge in [-0.3, -0.25) is 4.79 Å². The van der Waals surface area contributed by atoms with Crippen LogP contribution in [-0.2, 0) is 11.2 Å². The van der Waals surface area contributed by atoms with Crippen molar-refractivity contribution in [1.82, 2.24) is 19.9 Å². The van der Waals surface area contributed by atoms with Gasteiger partial charge in [-0.2, -0.15) is 5.10 Å². The number of thiazole rings is 1. The van der Waals surface area contributed by atoms with Crippen LogP contribution < -0.4 is 5.32 Å². The molecule has 0 radical (unpaired) electrons. The normalized spacial score (nSPS) is 12.6. The molecule has 1 unspecified atom stereocenters. The third-order valence-corrected chi connectivity index (χ3v) is 5.11. The summed E-state index contributed by atoms with van der Waals surface area (Å²) in [4.78, 5) is 17.4. The summed E-state index contributed by atoms with van der Waals surface area (Å²) in [6.07, 6.45) is 2.83. The Bertz CT molecular complexity index is 794. The van der Waals surface area contributed by atoms with Gasteiger partial charge in [0.15, 0.2) is 0 Å². The molecule has 0 saturated heterocycles. The summed E-state index contributed by atoms with van der Waals surface area (Å²) in [5.41, 5.74) is 2.31. The molecule has 2 aromatic heterocycles. The number of nitrogens with zero attached hydrogens (tertiary/aromatic N) is 3. The zero-order valence-corrected chi connectivity index (χ0v) is 14.8. The predicted molar refractivity (Wildman–Crippen MR) is 96.2 cm³/mol. The summed E-state index contributed by atoms with van der Waals surface area (Å²) in [5.74, 6) is 0.766. The van der Waals surface area contributed by atoms with Crippen molar-refractivity contribution in [3.8, 4) is 0 Å².